The maximum absolute atomic E-state index is 14.5. The summed E-state index contributed by atoms with van der Waals surface area (Å²) in [6.07, 6.45) is 3.83. The first-order valence-corrected chi connectivity index (χ1v) is 12.0. The summed E-state index contributed by atoms with van der Waals surface area (Å²) in [6, 6.07) is 2.83. The number of halogens is 2. The Hall–Kier alpha value is -3.38. The predicted molar refractivity (Wildman–Crippen MR) is 133 cm³/mol. The zero-order valence-electron chi connectivity index (χ0n) is 20.8. The first kappa shape index (κ1) is 27.2. The second-order valence-corrected chi connectivity index (χ2v) is 8.89. The number of aliphatic hydroxyl groups excluding tert-OH is 1. The molecule has 0 aliphatic heterocycles. The van der Waals surface area contributed by atoms with Gasteiger partial charge in [-0.1, -0.05) is 13.8 Å². The van der Waals surface area contributed by atoms with Gasteiger partial charge in [-0.15, -0.1) is 0 Å². The second kappa shape index (κ2) is 11.6. The largest absolute Gasteiger partial charge is 0.391 e. The van der Waals surface area contributed by atoms with Gasteiger partial charge in [-0.25, -0.2) is 23.3 Å². The summed E-state index contributed by atoms with van der Waals surface area (Å²) in [5.74, 6) is -1.12. The van der Waals surface area contributed by atoms with E-state index in [4.69, 9.17) is 0 Å². The number of aliphatic hydroxyl groups is 2. The van der Waals surface area contributed by atoms with Gasteiger partial charge in [0, 0.05) is 18.3 Å². The summed E-state index contributed by atoms with van der Waals surface area (Å²) in [4.78, 5) is 21.1. The molecule has 10 nitrogen and oxygen atoms in total. The van der Waals surface area contributed by atoms with Crippen LogP contribution in [0.3, 0.4) is 0 Å². The Morgan fingerprint density at radius 2 is 2.08 bits per heavy atom. The van der Waals surface area contributed by atoms with Crippen molar-refractivity contribution in [1.82, 2.24) is 24.9 Å². The molecule has 3 aromatic heterocycles. The number of anilines is 3. The van der Waals surface area contributed by atoms with E-state index < -0.39 is 36.1 Å². The lowest BCUT2D eigenvalue weighted by atomic mass is 10.0. The molecule has 1 amide bonds. The van der Waals surface area contributed by atoms with Crippen molar-refractivity contribution in [2.24, 2.45) is 0 Å². The van der Waals surface area contributed by atoms with Crippen molar-refractivity contribution in [1.29, 1.82) is 0 Å². The predicted octanol–water partition coefficient (Wildman–Crippen LogP) is 3.20. The van der Waals surface area contributed by atoms with Crippen LogP contribution in [-0.2, 0) is 0 Å². The van der Waals surface area contributed by atoms with E-state index in [0.29, 0.717) is 24.2 Å². The van der Waals surface area contributed by atoms with Crippen LogP contribution in [-0.4, -0.2) is 66.2 Å². The Balaban J connectivity index is 0.00000176. The summed E-state index contributed by atoms with van der Waals surface area (Å²) < 4.78 is 29.9. The molecule has 1 unspecified atom stereocenters. The van der Waals surface area contributed by atoms with E-state index >= 15 is 0 Å². The van der Waals surface area contributed by atoms with Crippen LogP contribution in [0.1, 0.15) is 57.3 Å². The van der Waals surface area contributed by atoms with Crippen LogP contribution in [0, 0.1) is 5.82 Å². The molecule has 0 bridgehead atoms. The van der Waals surface area contributed by atoms with Crippen LogP contribution in [0.2, 0.25) is 0 Å². The monoisotopic (exact) mass is 505 g/mol. The third-order valence-corrected chi connectivity index (χ3v) is 5.76. The number of fused-ring (bicyclic) bond motifs is 1. The zero-order valence-corrected chi connectivity index (χ0v) is 20.8. The molecule has 196 valence electrons. The number of aromatic nitrogens is 4. The number of carbonyl (C=O) groups excluding carboxylic acids is 1. The molecular weight excluding hydrogens is 472 g/mol. The van der Waals surface area contributed by atoms with Crippen LogP contribution in [0.15, 0.2) is 30.7 Å². The molecule has 3 heterocycles. The highest BCUT2D eigenvalue weighted by Gasteiger charge is 2.29. The highest BCUT2D eigenvalue weighted by atomic mass is 19.1. The first-order chi connectivity index (χ1) is 17.1. The third kappa shape index (κ3) is 6.43. The fourth-order valence-electron chi connectivity index (χ4n) is 3.70. The van der Waals surface area contributed by atoms with Crippen LogP contribution in [0.25, 0.3) is 5.65 Å². The quantitative estimate of drug-likeness (QED) is 0.315. The third-order valence-electron chi connectivity index (χ3n) is 5.76. The normalized spacial score (nSPS) is 18.3. The minimum atomic E-state index is -1.68. The van der Waals surface area contributed by atoms with E-state index in [2.05, 4.69) is 31.0 Å². The number of nitrogens with zero attached hydrogens (tertiary/aromatic N) is 4. The Bertz CT molecular complexity index is 1180. The van der Waals surface area contributed by atoms with Gasteiger partial charge >= 0.3 is 0 Å². The van der Waals surface area contributed by atoms with E-state index in [1.807, 2.05) is 13.8 Å². The Kier molecular flexibility index (Phi) is 8.75. The molecule has 0 spiro atoms. The summed E-state index contributed by atoms with van der Waals surface area (Å²) in [5, 5.41) is 32.3. The van der Waals surface area contributed by atoms with Crippen molar-refractivity contribution in [3.8, 4) is 0 Å². The summed E-state index contributed by atoms with van der Waals surface area (Å²) in [7, 11) is 0. The van der Waals surface area contributed by atoms with Crippen molar-refractivity contribution < 1.29 is 23.8 Å². The van der Waals surface area contributed by atoms with Gasteiger partial charge in [0.15, 0.2) is 17.3 Å². The molecule has 5 N–H and O–H groups in total. The van der Waals surface area contributed by atoms with Gasteiger partial charge in [0.05, 0.1) is 47.9 Å². The molecule has 0 radical (unpaired) electrons. The van der Waals surface area contributed by atoms with Crippen molar-refractivity contribution >= 4 is 28.9 Å². The smallest absolute Gasteiger partial charge is 0.255 e. The number of nitrogens with one attached hydrogen (secondary N) is 3. The molecule has 1 aliphatic rings. The standard InChI is InChI=1S/C22H27F2N7O3.C2H6/c1-22(2,34)17(24)10-26-21(33)12-9-25-18(8-15(12)28-14-4-3-5-16(14)32)29-20-13(23)11-31-19(30-20)6-7-27-31;1-2/h6-9,11,14,16-17,32,34H,3-5,10H2,1-2H3,(H,26,33)(H2,25,28,29,30);1-2H3/t14-,16-,17?;/m0./s1. The number of hydrogen-bond acceptors (Lipinski definition) is 8. The molecule has 0 aromatic carbocycles. The van der Waals surface area contributed by atoms with Crippen LogP contribution in [0.5, 0.6) is 0 Å². The molecule has 0 saturated heterocycles. The van der Waals surface area contributed by atoms with E-state index in [1.54, 1.807) is 6.07 Å². The van der Waals surface area contributed by atoms with Gasteiger partial charge in [0.2, 0.25) is 0 Å². The minimum absolute atomic E-state index is 0.0741. The molecule has 1 saturated carbocycles. The van der Waals surface area contributed by atoms with Gasteiger partial charge < -0.3 is 26.2 Å². The van der Waals surface area contributed by atoms with Gasteiger partial charge in [-0.2, -0.15) is 5.10 Å². The average Bonchev–Trinajstić information content (AvgIpc) is 3.46. The number of rotatable bonds is 8. The van der Waals surface area contributed by atoms with Crippen molar-refractivity contribution in [2.75, 3.05) is 17.2 Å². The summed E-state index contributed by atoms with van der Waals surface area (Å²) in [6.45, 7) is 6.23. The zero-order chi connectivity index (χ0) is 26.5. The number of carbonyl (C=O) groups is 1. The number of alkyl halides is 1. The van der Waals surface area contributed by atoms with E-state index in [1.165, 1.54) is 43.0 Å². The summed E-state index contributed by atoms with van der Waals surface area (Å²) >= 11 is 0. The first-order valence-electron chi connectivity index (χ1n) is 12.0. The highest BCUT2D eigenvalue weighted by molar-refractivity contribution is 6.00. The lowest BCUT2D eigenvalue weighted by Gasteiger charge is -2.23. The number of hydrogen-bond donors (Lipinski definition) is 5. The molecular formula is C24H33F2N7O3. The molecule has 12 heteroatoms. The van der Waals surface area contributed by atoms with Gasteiger partial charge in [0.25, 0.3) is 5.91 Å². The molecule has 3 atom stereocenters. The molecule has 36 heavy (non-hydrogen) atoms. The topological polar surface area (TPSA) is 137 Å². The molecule has 3 aromatic rings. The van der Waals surface area contributed by atoms with Gasteiger partial charge in [-0.05, 0) is 33.1 Å². The Labute approximate surface area is 208 Å². The lowest BCUT2D eigenvalue weighted by Crippen LogP contribution is -2.42. The second-order valence-electron chi connectivity index (χ2n) is 8.89. The minimum Gasteiger partial charge on any atom is -0.391 e. The Morgan fingerprint density at radius 1 is 1.33 bits per heavy atom. The summed E-state index contributed by atoms with van der Waals surface area (Å²) in [5.41, 5.74) is -0.722. The van der Waals surface area contributed by atoms with Crippen molar-refractivity contribution in [3.05, 3.63) is 42.1 Å². The number of amides is 1. The van der Waals surface area contributed by atoms with Crippen LogP contribution in [0.4, 0.5) is 26.1 Å². The lowest BCUT2D eigenvalue weighted by molar-refractivity contribution is -0.00177. The fourth-order valence-corrected chi connectivity index (χ4v) is 3.70. The SMILES string of the molecule is CC.CC(C)(O)C(F)CNC(=O)c1cnc(Nc2nc3ccnn3cc2F)cc1N[C@H]1CCC[C@@H]1O. The fraction of sp³-hybridized carbons (Fsp3) is 0.500. The van der Waals surface area contributed by atoms with Gasteiger partial charge in [-0.3, -0.25) is 4.79 Å². The molecule has 1 fully saturated rings. The van der Waals surface area contributed by atoms with E-state index in [-0.39, 0.29) is 23.2 Å². The highest BCUT2D eigenvalue weighted by Crippen LogP contribution is 2.28. The van der Waals surface area contributed by atoms with E-state index in [0.717, 1.165) is 6.42 Å². The van der Waals surface area contributed by atoms with Gasteiger partial charge in [0.1, 0.15) is 12.0 Å². The molecule has 4 rings (SSSR count). The molecule has 1 aliphatic carbocycles. The maximum Gasteiger partial charge on any atom is 0.255 e. The van der Waals surface area contributed by atoms with E-state index in [9.17, 15) is 23.8 Å². The van der Waals surface area contributed by atoms with Crippen molar-refractivity contribution in [3.63, 3.8) is 0 Å². The maximum atomic E-state index is 14.5. The van der Waals surface area contributed by atoms with Crippen LogP contribution < -0.4 is 16.0 Å². The van der Waals surface area contributed by atoms with Crippen molar-refractivity contribution in [2.45, 2.75) is 70.9 Å². The number of pyridine rings is 1. The van der Waals surface area contributed by atoms with Crippen LogP contribution >= 0.6 is 0 Å². The average molecular weight is 506 g/mol. The Morgan fingerprint density at radius 3 is 2.75 bits per heavy atom.